The van der Waals surface area contributed by atoms with Gasteiger partial charge in [-0.15, -0.1) is 0 Å². The van der Waals surface area contributed by atoms with Crippen LogP contribution in [0.3, 0.4) is 0 Å². The topological polar surface area (TPSA) is 59.7 Å². The van der Waals surface area contributed by atoms with Crippen molar-refractivity contribution in [2.24, 2.45) is 0 Å². The van der Waals surface area contributed by atoms with Crippen LogP contribution in [0.1, 0.15) is 30.5 Å². The largest absolute Gasteiger partial charge is 0.416 e. The zero-order valence-corrected chi connectivity index (χ0v) is 20.4. The van der Waals surface area contributed by atoms with Crippen LogP contribution in [0.15, 0.2) is 54.7 Å². The van der Waals surface area contributed by atoms with Gasteiger partial charge in [-0.3, -0.25) is 4.79 Å². The second-order valence-corrected chi connectivity index (χ2v) is 9.02. The monoisotopic (exact) mass is 488 g/mol. The average molecular weight is 489 g/mol. The van der Waals surface area contributed by atoms with E-state index in [1.54, 1.807) is 19.0 Å². The summed E-state index contributed by atoms with van der Waals surface area (Å²) in [6.07, 6.45) is -1.96. The molecule has 0 aliphatic rings. The molecule has 3 aromatic rings. The summed E-state index contributed by atoms with van der Waals surface area (Å²) in [6, 6.07) is 12.2. The van der Waals surface area contributed by atoms with Gasteiger partial charge in [-0.05, 0) is 49.6 Å². The predicted octanol–water partition coefficient (Wildman–Crippen LogP) is 5.15. The number of amides is 3. The average Bonchev–Trinajstić information content (AvgIpc) is 3.22. The predicted molar refractivity (Wildman–Crippen MR) is 130 cm³/mol. The van der Waals surface area contributed by atoms with Gasteiger partial charge in [-0.1, -0.05) is 30.3 Å². The van der Waals surface area contributed by atoms with Crippen LogP contribution < -0.4 is 0 Å². The van der Waals surface area contributed by atoms with Crippen LogP contribution in [0, 0.1) is 0 Å². The Hall–Kier alpha value is -3.49. The molecular weight excluding hydrogens is 457 g/mol. The van der Waals surface area contributed by atoms with Crippen molar-refractivity contribution in [3.8, 4) is 0 Å². The number of carbonyl (C=O) groups is 2. The van der Waals surface area contributed by atoms with Crippen LogP contribution in [0.5, 0.6) is 0 Å². The van der Waals surface area contributed by atoms with Crippen LogP contribution in [-0.4, -0.2) is 64.8 Å². The highest BCUT2D eigenvalue weighted by Gasteiger charge is 2.30. The molecule has 0 bridgehead atoms. The molecule has 6 nitrogen and oxygen atoms in total. The van der Waals surface area contributed by atoms with E-state index in [-0.39, 0.29) is 31.1 Å². The number of halogens is 3. The number of nitrogens with zero attached hydrogens (tertiary/aromatic N) is 3. The minimum atomic E-state index is -4.42. The fraction of sp³-hybridized carbons (Fsp3) is 0.385. The summed E-state index contributed by atoms with van der Waals surface area (Å²) in [5, 5.41) is 1.06. The van der Waals surface area contributed by atoms with Crippen molar-refractivity contribution in [3.63, 3.8) is 0 Å². The number of aromatic nitrogens is 1. The maximum atomic E-state index is 13.4. The molecule has 1 heterocycles. The molecule has 35 heavy (non-hydrogen) atoms. The number of nitrogens with one attached hydrogen (secondary N) is 1. The van der Waals surface area contributed by atoms with Crippen LogP contribution >= 0.6 is 0 Å². The summed E-state index contributed by atoms with van der Waals surface area (Å²) < 4.78 is 38.9. The fourth-order valence-corrected chi connectivity index (χ4v) is 3.88. The number of para-hydroxylation sites is 1. The van der Waals surface area contributed by atoms with Crippen LogP contribution in [0.2, 0.25) is 0 Å². The second-order valence-electron chi connectivity index (χ2n) is 9.02. The van der Waals surface area contributed by atoms with Crippen molar-refractivity contribution >= 4 is 22.8 Å². The van der Waals surface area contributed by atoms with Crippen molar-refractivity contribution < 1.29 is 22.8 Å². The summed E-state index contributed by atoms with van der Waals surface area (Å²) in [5.74, 6) is -0.270. The molecule has 0 aliphatic carbocycles. The number of hydrogen-bond acceptors (Lipinski definition) is 2. The fourth-order valence-electron chi connectivity index (χ4n) is 3.88. The number of benzene rings is 2. The van der Waals surface area contributed by atoms with E-state index in [1.807, 2.05) is 44.3 Å². The number of alkyl halides is 3. The Kier molecular flexibility index (Phi) is 8.09. The quantitative estimate of drug-likeness (QED) is 0.477. The Morgan fingerprint density at radius 1 is 1.00 bits per heavy atom. The van der Waals surface area contributed by atoms with E-state index in [9.17, 15) is 22.8 Å². The molecule has 0 saturated carbocycles. The molecule has 3 rings (SSSR count). The molecule has 3 amide bonds. The number of rotatable bonds is 8. The van der Waals surface area contributed by atoms with E-state index in [4.69, 9.17) is 0 Å². The van der Waals surface area contributed by atoms with Crippen molar-refractivity contribution in [1.82, 2.24) is 19.7 Å². The van der Waals surface area contributed by atoms with Gasteiger partial charge in [0, 0.05) is 50.3 Å². The molecule has 0 unspecified atom stereocenters. The highest BCUT2D eigenvalue weighted by atomic mass is 19.4. The van der Waals surface area contributed by atoms with E-state index >= 15 is 0 Å². The van der Waals surface area contributed by atoms with E-state index in [0.29, 0.717) is 18.5 Å². The van der Waals surface area contributed by atoms with Gasteiger partial charge in [0.1, 0.15) is 6.54 Å². The smallest absolute Gasteiger partial charge is 0.361 e. The zero-order valence-electron chi connectivity index (χ0n) is 20.4. The first-order valence-electron chi connectivity index (χ1n) is 11.4. The Morgan fingerprint density at radius 2 is 1.66 bits per heavy atom. The third-order valence-electron chi connectivity index (χ3n) is 5.89. The second kappa shape index (κ2) is 10.8. The van der Waals surface area contributed by atoms with Crippen molar-refractivity contribution in [3.05, 3.63) is 71.4 Å². The van der Waals surface area contributed by atoms with E-state index < -0.39 is 11.7 Å². The molecule has 1 N–H and O–H groups in total. The lowest BCUT2D eigenvalue weighted by molar-refractivity contribution is -0.137. The standard InChI is InChI=1S/C26H31F3N4O2/c1-18(2)33(25(35)31(3)4)17-24(34)32(16-19-9-11-21(12-10-19)26(27,28)29)14-13-20-15-30-23-8-6-5-7-22(20)23/h5-12,15,18,30H,13-14,16-17H2,1-4H3. The van der Waals surface area contributed by atoms with Crippen LogP contribution in [0.4, 0.5) is 18.0 Å². The minimum Gasteiger partial charge on any atom is -0.361 e. The molecule has 0 atom stereocenters. The van der Waals surface area contributed by atoms with Gasteiger partial charge in [0.2, 0.25) is 5.91 Å². The summed E-state index contributed by atoms with van der Waals surface area (Å²) in [7, 11) is 3.25. The highest BCUT2D eigenvalue weighted by Crippen LogP contribution is 2.29. The third kappa shape index (κ3) is 6.55. The third-order valence-corrected chi connectivity index (χ3v) is 5.89. The normalized spacial score (nSPS) is 11.7. The van der Waals surface area contributed by atoms with Gasteiger partial charge in [0.05, 0.1) is 5.56 Å². The SMILES string of the molecule is CC(C)N(CC(=O)N(CCc1c[nH]c2ccccc12)Cc1ccc(C(F)(F)F)cc1)C(=O)N(C)C. The lowest BCUT2D eigenvalue weighted by Crippen LogP contribution is -2.49. The Balaban J connectivity index is 1.82. The van der Waals surface area contributed by atoms with Gasteiger partial charge in [-0.25, -0.2) is 4.79 Å². The van der Waals surface area contributed by atoms with Crippen molar-refractivity contribution in [2.45, 2.75) is 39.0 Å². The maximum Gasteiger partial charge on any atom is 0.416 e. The molecule has 1 aromatic heterocycles. The highest BCUT2D eigenvalue weighted by molar-refractivity contribution is 5.85. The molecule has 0 radical (unpaired) electrons. The van der Waals surface area contributed by atoms with Gasteiger partial charge in [0.15, 0.2) is 0 Å². The molecule has 0 spiro atoms. The Morgan fingerprint density at radius 3 is 2.26 bits per heavy atom. The number of aromatic amines is 1. The lowest BCUT2D eigenvalue weighted by atomic mass is 10.1. The summed E-state index contributed by atoms with van der Waals surface area (Å²) in [6.45, 7) is 4.04. The first-order valence-corrected chi connectivity index (χ1v) is 11.4. The van der Waals surface area contributed by atoms with Gasteiger partial charge < -0.3 is 19.7 Å². The zero-order chi connectivity index (χ0) is 25.8. The van der Waals surface area contributed by atoms with E-state index in [2.05, 4.69) is 4.98 Å². The molecule has 188 valence electrons. The Labute approximate surface area is 203 Å². The minimum absolute atomic E-state index is 0.122. The summed E-state index contributed by atoms with van der Waals surface area (Å²) >= 11 is 0. The van der Waals surface area contributed by atoms with Gasteiger partial charge in [-0.2, -0.15) is 13.2 Å². The molecule has 0 fully saturated rings. The molecule has 2 aromatic carbocycles. The number of fused-ring (bicyclic) bond motifs is 1. The first kappa shape index (κ1) is 26.1. The van der Waals surface area contributed by atoms with E-state index in [0.717, 1.165) is 28.6 Å². The molecule has 9 heteroatoms. The first-order chi connectivity index (χ1) is 16.5. The number of urea groups is 1. The van der Waals surface area contributed by atoms with Crippen molar-refractivity contribution in [2.75, 3.05) is 27.2 Å². The lowest BCUT2D eigenvalue weighted by Gasteiger charge is -2.32. The summed E-state index contributed by atoms with van der Waals surface area (Å²) in [4.78, 5) is 33.7. The number of H-pyrrole nitrogens is 1. The maximum absolute atomic E-state index is 13.4. The van der Waals surface area contributed by atoms with E-state index in [1.165, 1.54) is 21.9 Å². The molecule has 0 saturated heterocycles. The van der Waals surface area contributed by atoms with Crippen LogP contribution in [-0.2, 0) is 23.9 Å². The van der Waals surface area contributed by atoms with Gasteiger partial charge >= 0.3 is 12.2 Å². The number of hydrogen-bond donors (Lipinski definition) is 1. The molecule has 0 aliphatic heterocycles. The van der Waals surface area contributed by atoms with Crippen LogP contribution in [0.25, 0.3) is 10.9 Å². The van der Waals surface area contributed by atoms with Gasteiger partial charge in [0.25, 0.3) is 0 Å². The molecular formula is C26H31F3N4O2. The summed E-state index contributed by atoms with van der Waals surface area (Å²) in [5.41, 5.74) is 1.88. The van der Waals surface area contributed by atoms with Crippen molar-refractivity contribution in [1.29, 1.82) is 0 Å². The number of carbonyl (C=O) groups excluding carboxylic acids is 2. The Bertz CT molecular complexity index is 1150.